The Kier molecular flexibility index (Phi) is 10.3. The van der Waals surface area contributed by atoms with Gasteiger partial charge in [0.1, 0.15) is 0 Å². The minimum absolute atomic E-state index is 0.256. The van der Waals surface area contributed by atoms with Crippen molar-refractivity contribution in [1.29, 1.82) is 5.41 Å². The van der Waals surface area contributed by atoms with Crippen LogP contribution in [0, 0.1) is 19.3 Å². The molecule has 216 valence electrons. The Balaban J connectivity index is 1.88. The fourth-order valence-corrected chi connectivity index (χ4v) is 5.28. The second-order valence-corrected chi connectivity index (χ2v) is 10.2. The minimum Gasteiger partial charge on any atom is -0.404 e. The summed E-state index contributed by atoms with van der Waals surface area (Å²) in [7, 11) is 0. The van der Waals surface area contributed by atoms with Crippen LogP contribution < -0.4 is 11.1 Å². The van der Waals surface area contributed by atoms with Gasteiger partial charge in [-0.2, -0.15) is 0 Å². The summed E-state index contributed by atoms with van der Waals surface area (Å²) in [5.41, 5.74) is 17.3. The van der Waals surface area contributed by atoms with Gasteiger partial charge in [0.15, 0.2) is 0 Å². The van der Waals surface area contributed by atoms with E-state index in [2.05, 4.69) is 116 Å². The first-order valence-electron chi connectivity index (χ1n) is 14.4. The zero-order valence-electron chi connectivity index (χ0n) is 25.1. The molecule has 0 fully saturated rings. The Labute approximate surface area is 256 Å². The first kappa shape index (κ1) is 30.6. The van der Waals surface area contributed by atoms with E-state index in [1.54, 1.807) is 12.3 Å². The molecule has 43 heavy (non-hydrogen) atoms. The van der Waals surface area contributed by atoms with Gasteiger partial charge in [-0.15, -0.1) is 0 Å². The van der Waals surface area contributed by atoms with Gasteiger partial charge in [0.2, 0.25) is 0 Å². The molecule has 1 aliphatic heterocycles. The highest BCUT2D eigenvalue weighted by atomic mass is 15.0. The minimum atomic E-state index is 0.256. The molecule has 0 saturated heterocycles. The number of rotatable bonds is 12. The zero-order valence-corrected chi connectivity index (χ0v) is 25.1. The molecule has 0 radical (unpaired) electrons. The van der Waals surface area contributed by atoms with Crippen LogP contribution in [-0.4, -0.2) is 16.8 Å². The zero-order chi connectivity index (χ0) is 30.8. The second-order valence-electron chi connectivity index (χ2n) is 10.2. The first-order chi connectivity index (χ1) is 21.0. The molecule has 0 amide bonds. The molecule has 3 aromatic rings. The van der Waals surface area contributed by atoms with Crippen LogP contribution >= 0.6 is 0 Å². The Hall–Kier alpha value is -5.35. The number of nitrogens with one attached hydrogen (secondary N) is 2. The van der Waals surface area contributed by atoms with E-state index in [4.69, 9.17) is 11.1 Å². The Morgan fingerprint density at radius 1 is 1.02 bits per heavy atom. The van der Waals surface area contributed by atoms with Crippen molar-refractivity contribution in [2.75, 3.05) is 0 Å². The molecule has 4 heteroatoms. The van der Waals surface area contributed by atoms with Crippen LogP contribution in [-0.2, 0) is 0 Å². The lowest BCUT2D eigenvalue weighted by Crippen LogP contribution is -2.22. The van der Waals surface area contributed by atoms with Gasteiger partial charge in [-0.1, -0.05) is 98.7 Å². The highest BCUT2D eigenvalue weighted by molar-refractivity contribution is 6.09. The monoisotopic (exact) mass is 564 g/mol. The van der Waals surface area contributed by atoms with Gasteiger partial charge in [0, 0.05) is 29.7 Å². The first-order valence-corrected chi connectivity index (χ1v) is 14.4. The smallest absolute Gasteiger partial charge is 0.0572 e. The van der Waals surface area contributed by atoms with Crippen molar-refractivity contribution in [1.82, 2.24) is 9.88 Å². The fourth-order valence-electron chi connectivity index (χ4n) is 5.28. The maximum Gasteiger partial charge on any atom is 0.0572 e. The number of dihydropyridines is 1. The molecule has 1 unspecified atom stereocenters. The molecule has 4 rings (SSSR count). The van der Waals surface area contributed by atoms with Crippen molar-refractivity contribution in [3.05, 3.63) is 168 Å². The summed E-state index contributed by atoms with van der Waals surface area (Å²) in [4.78, 5) is 0. The number of allylic oxidation sites excluding steroid dienone is 9. The summed E-state index contributed by atoms with van der Waals surface area (Å²) >= 11 is 0. The third-order valence-electron chi connectivity index (χ3n) is 7.67. The molecule has 4 N–H and O–H groups in total. The summed E-state index contributed by atoms with van der Waals surface area (Å²) in [6, 6.07) is 16.9. The van der Waals surface area contributed by atoms with Gasteiger partial charge in [-0.3, -0.25) is 0 Å². The molecule has 0 bridgehead atoms. The van der Waals surface area contributed by atoms with Crippen LogP contribution in [0.15, 0.2) is 140 Å². The summed E-state index contributed by atoms with van der Waals surface area (Å²) < 4.78 is 2.30. The van der Waals surface area contributed by atoms with Gasteiger partial charge in [0.05, 0.1) is 11.4 Å². The number of para-hydroxylation sites is 1. The van der Waals surface area contributed by atoms with Crippen LogP contribution in [0.3, 0.4) is 0 Å². The summed E-state index contributed by atoms with van der Waals surface area (Å²) in [6.07, 6.45) is 25.6. The molecule has 1 aromatic heterocycles. The quantitative estimate of drug-likeness (QED) is 0.152. The summed E-state index contributed by atoms with van der Waals surface area (Å²) in [5.74, 6) is 0. The largest absolute Gasteiger partial charge is 0.404 e. The van der Waals surface area contributed by atoms with Crippen molar-refractivity contribution in [2.45, 2.75) is 26.3 Å². The van der Waals surface area contributed by atoms with Crippen LogP contribution in [0.5, 0.6) is 0 Å². The van der Waals surface area contributed by atoms with Crippen LogP contribution in [0.4, 0.5) is 0 Å². The van der Waals surface area contributed by atoms with E-state index in [9.17, 15) is 0 Å². The maximum absolute atomic E-state index is 7.87. The topological polar surface area (TPSA) is 66.8 Å². The highest BCUT2D eigenvalue weighted by Crippen LogP contribution is 2.38. The van der Waals surface area contributed by atoms with E-state index >= 15 is 0 Å². The SMILES string of the molecule is C=C/C=C(\C=N)c1ccc(-c2c(C)c(C)c(/C=C(C=C)/C(/C=C\CC3C=CC=CN3)=C/N)n2-c2ccccc2)c(C=C)c1. The number of hydrogen-bond acceptors (Lipinski definition) is 3. The molecule has 2 aromatic carbocycles. The molecular formula is C39H40N4. The van der Waals surface area contributed by atoms with Gasteiger partial charge >= 0.3 is 0 Å². The number of hydrogen-bond donors (Lipinski definition) is 3. The Bertz CT molecular complexity index is 1700. The third-order valence-corrected chi connectivity index (χ3v) is 7.67. The molecule has 1 atom stereocenters. The Morgan fingerprint density at radius 3 is 2.44 bits per heavy atom. The predicted octanol–water partition coefficient (Wildman–Crippen LogP) is 9.02. The second kappa shape index (κ2) is 14.5. The number of nitrogens with zero attached hydrogens (tertiary/aromatic N) is 1. The van der Waals surface area contributed by atoms with E-state index in [1.807, 2.05) is 36.6 Å². The normalized spacial score (nSPS) is 15.4. The van der Waals surface area contributed by atoms with Crippen LogP contribution in [0.1, 0.15) is 34.4 Å². The predicted molar refractivity (Wildman–Crippen MR) is 187 cm³/mol. The molecule has 0 saturated carbocycles. The average Bonchev–Trinajstić information content (AvgIpc) is 3.30. The van der Waals surface area contributed by atoms with E-state index in [-0.39, 0.29) is 6.04 Å². The molecule has 4 nitrogen and oxygen atoms in total. The van der Waals surface area contributed by atoms with Crippen LogP contribution in [0.2, 0.25) is 0 Å². The van der Waals surface area contributed by atoms with Crippen LogP contribution in [0.25, 0.3) is 34.7 Å². The van der Waals surface area contributed by atoms with Crippen molar-refractivity contribution in [2.24, 2.45) is 5.73 Å². The lowest BCUT2D eigenvalue weighted by atomic mass is 9.95. The van der Waals surface area contributed by atoms with Crippen molar-refractivity contribution >= 4 is 23.9 Å². The maximum atomic E-state index is 7.87. The molecule has 2 heterocycles. The molecular weight excluding hydrogens is 524 g/mol. The van der Waals surface area contributed by atoms with E-state index in [1.165, 1.54) is 11.8 Å². The molecule has 0 spiro atoms. The van der Waals surface area contributed by atoms with E-state index < -0.39 is 0 Å². The van der Waals surface area contributed by atoms with E-state index in [0.29, 0.717) is 0 Å². The third kappa shape index (κ3) is 6.77. The number of nitrogens with two attached hydrogens (primary N) is 1. The van der Waals surface area contributed by atoms with Crippen molar-refractivity contribution in [3.63, 3.8) is 0 Å². The summed E-state index contributed by atoms with van der Waals surface area (Å²) in [5, 5.41) is 11.2. The van der Waals surface area contributed by atoms with Gasteiger partial charge in [-0.25, -0.2) is 0 Å². The standard InChI is InChI=1S/C39H40N4/c1-6-15-33(26-40)32-21-22-37(31(8-3)24-32)39-29(5)28(4)38(43(39)36-19-10-9-11-20-36)25-30(7-2)34(27-41)16-14-18-35-17-12-13-23-42-35/h6-17,19-27,35,40,42H,1-3,18,41H2,4-5H3/b16-14-,30-25+,33-15+,34-27+,40-26?. The number of benzene rings is 2. The fraction of sp³-hybridized carbons (Fsp3) is 0.103. The van der Waals surface area contributed by atoms with Crippen molar-refractivity contribution < 1.29 is 0 Å². The van der Waals surface area contributed by atoms with E-state index in [0.717, 1.165) is 62.5 Å². The lowest BCUT2D eigenvalue weighted by Gasteiger charge is -2.17. The average molecular weight is 565 g/mol. The van der Waals surface area contributed by atoms with Gasteiger partial charge in [0.25, 0.3) is 0 Å². The van der Waals surface area contributed by atoms with Gasteiger partial charge in [-0.05, 0) is 95.8 Å². The Morgan fingerprint density at radius 2 is 1.81 bits per heavy atom. The molecule has 0 aliphatic carbocycles. The highest BCUT2D eigenvalue weighted by Gasteiger charge is 2.21. The number of aromatic nitrogens is 1. The molecule has 1 aliphatic rings. The van der Waals surface area contributed by atoms with Crippen molar-refractivity contribution in [3.8, 4) is 16.9 Å². The lowest BCUT2D eigenvalue weighted by molar-refractivity contribution is 0.703. The summed E-state index contributed by atoms with van der Waals surface area (Å²) in [6.45, 7) is 16.4. The van der Waals surface area contributed by atoms with Gasteiger partial charge < -0.3 is 21.0 Å².